The lowest BCUT2D eigenvalue weighted by Crippen LogP contribution is -2.37. The topological polar surface area (TPSA) is 70.4 Å². The van der Waals surface area contributed by atoms with Gasteiger partial charge >= 0.3 is 15.6 Å². The Hall–Kier alpha value is -0.850. The van der Waals surface area contributed by atoms with Crippen LogP contribution in [0.5, 0.6) is 0 Å². The molecule has 0 aromatic heterocycles. The zero-order valence-electron chi connectivity index (χ0n) is 8.07. The van der Waals surface area contributed by atoms with E-state index in [1.807, 2.05) is 0 Å². The largest absolute Gasteiger partial charge is 0.524 e. The van der Waals surface area contributed by atoms with Gasteiger partial charge in [0.2, 0.25) is 0 Å². The summed E-state index contributed by atoms with van der Waals surface area (Å²) in [5, 5.41) is 9.11. The van der Waals surface area contributed by atoms with E-state index < -0.39 is 21.7 Å². The lowest BCUT2D eigenvalue weighted by atomic mass is 10.2. The van der Waals surface area contributed by atoms with Gasteiger partial charge in [0, 0.05) is 12.6 Å². The zero-order valence-corrected chi connectivity index (χ0v) is 8.88. The molecule has 16 heavy (non-hydrogen) atoms. The predicted octanol–water partition coefficient (Wildman–Crippen LogP) is 1.15. The number of hydrogen-bond acceptors (Lipinski definition) is 5. The van der Waals surface area contributed by atoms with Crippen molar-refractivity contribution < 1.29 is 25.9 Å². The van der Waals surface area contributed by atoms with Crippen molar-refractivity contribution in [2.24, 2.45) is 0 Å². The van der Waals surface area contributed by atoms with Gasteiger partial charge < -0.3 is 0 Å². The number of hydroxylamine groups is 2. The number of hydrogen-bond donors (Lipinski definition) is 0. The van der Waals surface area contributed by atoms with Gasteiger partial charge in [-0.05, 0) is 12.8 Å². The first-order chi connectivity index (χ1) is 7.28. The fraction of sp³-hybridized carbons (Fsp3) is 0.857. The average Bonchev–Trinajstić information content (AvgIpc) is 2.51. The molecule has 9 heteroatoms. The molecule has 1 aliphatic heterocycles. The van der Waals surface area contributed by atoms with E-state index in [0.29, 0.717) is 17.9 Å². The molecule has 1 fully saturated rings. The van der Waals surface area contributed by atoms with Crippen LogP contribution in [0.25, 0.3) is 0 Å². The Balaban J connectivity index is 2.71. The van der Waals surface area contributed by atoms with Gasteiger partial charge in [0.05, 0.1) is 12.5 Å². The number of nitrogens with zero attached hydrogens (tertiary/aromatic N) is 2. The minimum atomic E-state index is -5.62. The van der Waals surface area contributed by atoms with Gasteiger partial charge in [0.1, 0.15) is 0 Å². The standard InChI is InChI=1S/C7H9F3N2O3S/c8-7(9,10)16(13,14)15-12-5-1-2-6(12)3-4-11/h6H,1-3,5H2. The molecule has 92 valence electrons. The Morgan fingerprint density at radius 1 is 1.50 bits per heavy atom. The number of halogens is 3. The molecule has 0 aromatic rings. The fourth-order valence-corrected chi connectivity index (χ4v) is 1.92. The molecule has 5 nitrogen and oxygen atoms in total. The highest BCUT2D eigenvalue weighted by atomic mass is 32.2. The quantitative estimate of drug-likeness (QED) is 0.710. The molecule has 0 amide bonds. The van der Waals surface area contributed by atoms with Crippen molar-refractivity contribution in [2.75, 3.05) is 6.54 Å². The summed E-state index contributed by atoms with van der Waals surface area (Å²) in [5.41, 5.74) is -5.44. The summed E-state index contributed by atoms with van der Waals surface area (Å²) >= 11 is 0. The van der Waals surface area contributed by atoms with Crippen molar-refractivity contribution in [3.8, 4) is 6.07 Å². The smallest absolute Gasteiger partial charge is 0.198 e. The molecular formula is C7H9F3N2O3S. The summed E-state index contributed by atoms with van der Waals surface area (Å²) in [7, 11) is -5.62. The van der Waals surface area contributed by atoms with Gasteiger partial charge in [-0.1, -0.05) is 0 Å². The first-order valence-electron chi connectivity index (χ1n) is 4.42. The average molecular weight is 258 g/mol. The SMILES string of the molecule is N#CCC1CCCN1OS(=O)(=O)C(F)(F)F. The van der Waals surface area contributed by atoms with E-state index >= 15 is 0 Å². The van der Waals surface area contributed by atoms with Crippen LogP contribution in [0.2, 0.25) is 0 Å². The van der Waals surface area contributed by atoms with E-state index in [1.54, 1.807) is 6.07 Å². The molecule has 0 saturated carbocycles. The Labute approximate surface area is 90.5 Å². The second kappa shape index (κ2) is 4.57. The fourth-order valence-electron chi connectivity index (χ4n) is 1.38. The predicted molar refractivity (Wildman–Crippen MR) is 46.0 cm³/mol. The molecule has 0 bridgehead atoms. The van der Waals surface area contributed by atoms with Gasteiger partial charge in [0.25, 0.3) is 0 Å². The summed E-state index contributed by atoms with van der Waals surface area (Å²) in [6, 6.07) is 1.17. The minimum absolute atomic E-state index is 0.0621. The Bertz CT molecular complexity index is 387. The van der Waals surface area contributed by atoms with Gasteiger partial charge in [-0.3, -0.25) is 0 Å². The summed E-state index contributed by atoms with van der Waals surface area (Å²) in [4.78, 5) is 0. The van der Waals surface area contributed by atoms with Crippen LogP contribution in [-0.4, -0.2) is 31.6 Å². The van der Waals surface area contributed by atoms with E-state index in [0.717, 1.165) is 0 Å². The minimum Gasteiger partial charge on any atom is -0.198 e. The van der Waals surface area contributed by atoms with E-state index in [9.17, 15) is 21.6 Å². The summed E-state index contributed by atoms with van der Waals surface area (Å²) < 4.78 is 61.3. The number of alkyl halides is 3. The van der Waals surface area contributed by atoms with Crippen LogP contribution in [0, 0.1) is 11.3 Å². The monoisotopic (exact) mass is 258 g/mol. The van der Waals surface area contributed by atoms with E-state index in [2.05, 4.69) is 4.28 Å². The van der Waals surface area contributed by atoms with Gasteiger partial charge in [-0.15, -0.1) is 0 Å². The van der Waals surface area contributed by atoms with Crippen LogP contribution in [0.1, 0.15) is 19.3 Å². The third kappa shape index (κ3) is 2.84. The van der Waals surface area contributed by atoms with Crippen molar-refractivity contribution in [1.29, 1.82) is 5.26 Å². The van der Waals surface area contributed by atoms with Crippen LogP contribution in [0.4, 0.5) is 13.2 Å². The lowest BCUT2D eigenvalue weighted by molar-refractivity contribution is -0.106. The maximum absolute atomic E-state index is 12.0. The van der Waals surface area contributed by atoms with Crippen molar-refractivity contribution in [1.82, 2.24) is 5.06 Å². The van der Waals surface area contributed by atoms with Crippen molar-refractivity contribution >= 4 is 10.1 Å². The molecule has 0 N–H and O–H groups in total. The highest BCUT2D eigenvalue weighted by molar-refractivity contribution is 7.87. The normalized spacial score (nSPS) is 23.2. The molecule has 0 spiro atoms. The number of rotatable bonds is 3. The van der Waals surface area contributed by atoms with Crippen LogP contribution in [0.15, 0.2) is 0 Å². The van der Waals surface area contributed by atoms with E-state index in [1.165, 1.54) is 0 Å². The Morgan fingerprint density at radius 2 is 2.12 bits per heavy atom. The molecule has 0 aliphatic carbocycles. The molecule has 1 aliphatic rings. The van der Waals surface area contributed by atoms with E-state index in [4.69, 9.17) is 5.26 Å². The Morgan fingerprint density at radius 3 is 2.62 bits per heavy atom. The van der Waals surface area contributed by atoms with Crippen LogP contribution in [-0.2, 0) is 14.4 Å². The highest BCUT2D eigenvalue weighted by Gasteiger charge is 2.49. The highest BCUT2D eigenvalue weighted by Crippen LogP contribution is 2.29. The third-order valence-electron chi connectivity index (χ3n) is 2.13. The van der Waals surface area contributed by atoms with Crippen molar-refractivity contribution in [3.05, 3.63) is 0 Å². The molecule has 0 radical (unpaired) electrons. The zero-order chi connectivity index (χ0) is 12.4. The molecule has 1 saturated heterocycles. The van der Waals surface area contributed by atoms with Crippen LogP contribution in [0.3, 0.4) is 0 Å². The lowest BCUT2D eigenvalue weighted by Gasteiger charge is -2.21. The molecule has 1 unspecified atom stereocenters. The molecule has 1 atom stereocenters. The first kappa shape index (κ1) is 13.2. The van der Waals surface area contributed by atoms with Crippen molar-refractivity contribution in [2.45, 2.75) is 30.8 Å². The molecule has 0 aromatic carbocycles. The van der Waals surface area contributed by atoms with E-state index in [-0.39, 0.29) is 13.0 Å². The maximum atomic E-state index is 12.0. The van der Waals surface area contributed by atoms with Crippen LogP contribution < -0.4 is 0 Å². The first-order valence-corrected chi connectivity index (χ1v) is 5.83. The number of nitriles is 1. The summed E-state index contributed by atoms with van der Waals surface area (Å²) in [6.07, 6.45) is 0.883. The third-order valence-corrected chi connectivity index (χ3v) is 3.08. The van der Waals surface area contributed by atoms with Crippen molar-refractivity contribution in [3.63, 3.8) is 0 Å². The molecule has 1 rings (SSSR count). The second-order valence-corrected chi connectivity index (χ2v) is 4.79. The van der Waals surface area contributed by atoms with Gasteiger partial charge in [-0.25, -0.2) is 0 Å². The molecular weight excluding hydrogens is 249 g/mol. The molecule has 1 heterocycles. The summed E-state index contributed by atoms with van der Waals surface area (Å²) in [6.45, 7) is 0.0711. The Kier molecular flexibility index (Phi) is 3.77. The summed E-state index contributed by atoms with van der Waals surface area (Å²) in [5.74, 6) is 0. The second-order valence-electron chi connectivity index (χ2n) is 3.27. The van der Waals surface area contributed by atoms with Crippen LogP contribution >= 0.6 is 0 Å². The maximum Gasteiger partial charge on any atom is 0.524 e. The van der Waals surface area contributed by atoms with Gasteiger partial charge in [0.15, 0.2) is 0 Å². The van der Waals surface area contributed by atoms with Gasteiger partial charge in [-0.2, -0.15) is 36.2 Å².